The Morgan fingerprint density at radius 2 is 1.89 bits per heavy atom. The van der Waals surface area contributed by atoms with E-state index in [9.17, 15) is 9.59 Å². The van der Waals surface area contributed by atoms with Crippen LogP contribution in [0.3, 0.4) is 0 Å². The summed E-state index contributed by atoms with van der Waals surface area (Å²) < 4.78 is 5.47. The second-order valence-electron chi connectivity index (χ2n) is 6.47. The van der Waals surface area contributed by atoms with Crippen LogP contribution in [0.4, 0.5) is 5.95 Å². The first-order chi connectivity index (χ1) is 12.6. The molecule has 0 saturated carbocycles. The Morgan fingerprint density at radius 3 is 2.54 bits per heavy atom. The molecule has 1 aromatic rings. The lowest BCUT2D eigenvalue weighted by atomic mass is 10.1. The molecule has 2 N–H and O–H groups in total. The van der Waals surface area contributed by atoms with Crippen LogP contribution in [0.15, 0.2) is 18.5 Å². The number of piperazine rings is 1. The van der Waals surface area contributed by atoms with Crippen molar-refractivity contribution in [2.75, 3.05) is 50.8 Å². The molecule has 2 amide bonds. The molecule has 0 radical (unpaired) electrons. The maximum atomic E-state index is 12.3. The summed E-state index contributed by atoms with van der Waals surface area (Å²) in [6.45, 7) is 6.19. The van der Waals surface area contributed by atoms with Crippen LogP contribution in [0.2, 0.25) is 0 Å². The quantitative estimate of drug-likeness (QED) is 0.664. The monoisotopic (exact) mass is 434 g/mol. The molecule has 0 aromatic carbocycles. The highest BCUT2D eigenvalue weighted by atomic mass is 35.5. The lowest BCUT2D eigenvalue weighted by Gasteiger charge is -2.34. The predicted molar refractivity (Wildman–Crippen MR) is 110 cm³/mol. The Hall–Kier alpha value is -1.68. The van der Waals surface area contributed by atoms with Crippen molar-refractivity contribution in [3.63, 3.8) is 0 Å². The molecular formula is C17H28Cl2N6O3. The molecule has 2 aliphatic heterocycles. The van der Waals surface area contributed by atoms with Gasteiger partial charge in [-0.25, -0.2) is 9.97 Å². The highest BCUT2D eigenvalue weighted by Crippen LogP contribution is 2.10. The summed E-state index contributed by atoms with van der Waals surface area (Å²) >= 11 is 0. The average Bonchev–Trinajstić information content (AvgIpc) is 2.69. The van der Waals surface area contributed by atoms with E-state index in [1.807, 2.05) is 11.8 Å². The van der Waals surface area contributed by atoms with Gasteiger partial charge in [0.25, 0.3) is 0 Å². The van der Waals surface area contributed by atoms with E-state index in [-0.39, 0.29) is 48.8 Å². The molecule has 2 aliphatic rings. The zero-order valence-corrected chi connectivity index (χ0v) is 17.5. The second kappa shape index (κ2) is 12.0. The molecule has 0 bridgehead atoms. The molecule has 28 heavy (non-hydrogen) atoms. The van der Waals surface area contributed by atoms with Crippen molar-refractivity contribution in [3.05, 3.63) is 18.5 Å². The SMILES string of the molecule is C[C@H]1OCCN[C@@H]1C(=O)NCCC(=O)N1CCN(c2ncccn2)CC1.Cl.Cl. The molecule has 0 spiro atoms. The van der Waals surface area contributed by atoms with Gasteiger partial charge >= 0.3 is 0 Å². The average molecular weight is 435 g/mol. The molecule has 2 atom stereocenters. The summed E-state index contributed by atoms with van der Waals surface area (Å²) in [4.78, 5) is 36.9. The molecule has 1 aromatic heterocycles. The van der Waals surface area contributed by atoms with Gasteiger partial charge in [-0.05, 0) is 13.0 Å². The number of hydrogen-bond donors (Lipinski definition) is 2. The first kappa shape index (κ1) is 24.4. The third-order valence-electron chi connectivity index (χ3n) is 4.70. The maximum Gasteiger partial charge on any atom is 0.239 e. The number of rotatable bonds is 5. The van der Waals surface area contributed by atoms with E-state index in [0.717, 1.165) is 0 Å². The summed E-state index contributed by atoms with van der Waals surface area (Å²) in [6.07, 6.45) is 3.58. The summed E-state index contributed by atoms with van der Waals surface area (Å²) in [6, 6.07) is 1.43. The van der Waals surface area contributed by atoms with Gasteiger partial charge in [0, 0.05) is 58.1 Å². The molecule has 2 fully saturated rings. The van der Waals surface area contributed by atoms with Gasteiger partial charge in [0.05, 0.1) is 12.7 Å². The molecule has 9 nitrogen and oxygen atoms in total. The van der Waals surface area contributed by atoms with Crippen molar-refractivity contribution in [1.82, 2.24) is 25.5 Å². The Labute approximate surface area is 177 Å². The van der Waals surface area contributed by atoms with Gasteiger partial charge in [-0.1, -0.05) is 0 Å². The molecule has 3 heterocycles. The third-order valence-corrected chi connectivity index (χ3v) is 4.70. The molecule has 11 heteroatoms. The van der Waals surface area contributed by atoms with Crippen molar-refractivity contribution >= 4 is 42.6 Å². The van der Waals surface area contributed by atoms with Gasteiger partial charge in [-0.15, -0.1) is 24.8 Å². The van der Waals surface area contributed by atoms with Gasteiger partial charge in [-0.3, -0.25) is 9.59 Å². The van der Waals surface area contributed by atoms with Crippen molar-refractivity contribution in [2.45, 2.75) is 25.5 Å². The van der Waals surface area contributed by atoms with Gasteiger partial charge in [0.2, 0.25) is 17.8 Å². The maximum absolute atomic E-state index is 12.3. The number of ether oxygens (including phenoxy) is 1. The molecular weight excluding hydrogens is 407 g/mol. The van der Waals surface area contributed by atoms with Crippen LogP contribution in [-0.4, -0.2) is 84.7 Å². The number of carbonyl (C=O) groups is 2. The second-order valence-corrected chi connectivity index (χ2v) is 6.47. The van der Waals surface area contributed by atoms with E-state index < -0.39 is 0 Å². The summed E-state index contributed by atoms with van der Waals surface area (Å²) in [5.74, 6) is 0.638. The number of morpholine rings is 1. The Morgan fingerprint density at radius 1 is 1.21 bits per heavy atom. The van der Waals surface area contributed by atoms with Crippen molar-refractivity contribution in [1.29, 1.82) is 0 Å². The van der Waals surface area contributed by atoms with Crippen LogP contribution < -0.4 is 15.5 Å². The van der Waals surface area contributed by atoms with E-state index in [0.29, 0.717) is 58.2 Å². The standard InChI is InChI=1S/C17H26N6O3.2ClH/c1-13-15(18-7-12-26-13)16(25)19-6-3-14(24)22-8-10-23(11-9-22)17-20-4-2-5-21-17;;/h2,4-5,13,15,18H,3,6-12H2,1H3,(H,19,25);2*1H/t13-,15+;;/m1../s1. The highest BCUT2D eigenvalue weighted by Gasteiger charge is 2.28. The lowest BCUT2D eigenvalue weighted by Crippen LogP contribution is -2.55. The number of aromatic nitrogens is 2. The zero-order valence-electron chi connectivity index (χ0n) is 15.9. The van der Waals surface area contributed by atoms with Crippen molar-refractivity contribution < 1.29 is 14.3 Å². The van der Waals surface area contributed by atoms with E-state index in [2.05, 4.69) is 25.5 Å². The number of anilines is 1. The van der Waals surface area contributed by atoms with Gasteiger partial charge in [0.1, 0.15) is 6.04 Å². The summed E-state index contributed by atoms with van der Waals surface area (Å²) in [5, 5.41) is 5.97. The number of amides is 2. The number of nitrogens with one attached hydrogen (secondary N) is 2. The van der Waals surface area contributed by atoms with E-state index in [1.165, 1.54) is 0 Å². The summed E-state index contributed by atoms with van der Waals surface area (Å²) in [5.41, 5.74) is 0. The normalized spacial score (nSPS) is 21.9. The van der Waals surface area contributed by atoms with Gasteiger partial charge < -0.3 is 25.2 Å². The van der Waals surface area contributed by atoms with E-state index in [1.54, 1.807) is 18.5 Å². The minimum absolute atomic E-state index is 0. The minimum Gasteiger partial charge on any atom is -0.375 e. The van der Waals surface area contributed by atoms with Crippen LogP contribution in [0.5, 0.6) is 0 Å². The minimum atomic E-state index is -0.353. The fourth-order valence-corrected chi connectivity index (χ4v) is 3.20. The van der Waals surface area contributed by atoms with Gasteiger partial charge in [0.15, 0.2) is 0 Å². The lowest BCUT2D eigenvalue weighted by molar-refractivity contribution is -0.132. The Bertz CT molecular complexity index is 616. The van der Waals surface area contributed by atoms with Crippen LogP contribution in [-0.2, 0) is 14.3 Å². The van der Waals surface area contributed by atoms with E-state index >= 15 is 0 Å². The van der Waals surface area contributed by atoms with Crippen LogP contribution in [0.25, 0.3) is 0 Å². The number of nitrogens with zero attached hydrogens (tertiary/aromatic N) is 4. The molecule has 3 rings (SSSR count). The van der Waals surface area contributed by atoms with Crippen LogP contribution >= 0.6 is 24.8 Å². The fraction of sp³-hybridized carbons (Fsp3) is 0.647. The smallest absolute Gasteiger partial charge is 0.239 e. The summed E-state index contributed by atoms with van der Waals surface area (Å²) in [7, 11) is 0. The zero-order chi connectivity index (χ0) is 18.4. The molecule has 0 aliphatic carbocycles. The van der Waals surface area contributed by atoms with Crippen molar-refractivity contribution in [2.24, 2.45) is 0 Å². The molecule has 158 valence electrons. The Kier molecular flexibility index (Phi) is 10.4. The number of carbonyl (C=O) groups excluding carboxylic acids is 2. The first-order valence-corrected chi connectivity index (χ1v) is 9.07. The topological polar surface area (TPSA) is 99.7 Å². The largest absolute Gasteiger partial charge is 0.375 e. The fourth-order valence-electron chi connectivity index (χ4n) is 3.20. The molecule has 2 saturated heterocycles. The predicted octanol–water partition coefficient (Wildman–Crippen LogP) is -0.148. The third kappa shape index (κ3) is 6.44. The number of halogens is 2. The number of hydrogen-bond acceptors (Lipinski definition) is 7. The van der Waals surface area contributed by atoms with Gasteiger partial charge in [-0.2, -0.15) is 0 Å². The molecule has 0 unspecified atom stereocenters. The Balaban J connectivity index is 0.00000196. The highest BCUT2D eigenvalue weighted by molar-refractivity contribution is 5.85. The van der Waals surface area contributed by atoms with E-state index in [4.69, 9.17) is 4.74 Å². The first-order valence-electron chi connectivity index (χ1n) is 9.07. The van der Waals surface area contributed by atoms with Crippen LogP contribution in [0, 0.1) is 0 Å². The van der Waals surface area contributed by atoms with Crippen LogP contribution in [0.1, 0.15) is 13.3 Å². The van der Waals surface area contributed by atoms with Crippen molar-refractivity contribution in [3.8, 4) is 0 Å².